The van der Waals surface area contributed by atoms with Crippen LogP contribution in [0.4, 0.5) is 4.79 Å². The van der Waals surface area contributed by atoms with E-state index in [0.717, 1.165) is 20.9 Å². The maximum Gasteiger partial charge on any atom is 0.293 e. The number of thioether (sulfide) groups is 1. The largest absolute Gasteiger partial charge is 0.490 e. The number of hydrogen-bond acceptors (Lipinski definition) is 5. The van der Waals surface area contributed by atoms with Crippen molar-refractivity contribution in [2.75, 3.05) is 13.2 Å². The number of imide groups is 1. The van der Waals surface area contributed by atoms with Gasteiger partial charge in [0.15, 0.2) is 11.5 Å². The zero-order chi connectivity index (χ0) is 21.0. The van der Waals surface area contributed by atoms with E-state index in [1.807, 2.05) is 38.1 Å². The Labute approximate surface area is 192 Å². The van der Waals surface area contributed by atoms with Crippen LogP contribution in [0.3, 0.4) is 0 Å². The highest BCUT2D eigenvalue weighted by molar-refractivity contribution is 14.1. The van der Waals surface area contributed by atoms with E-state index >= 15 is 0 Å². The second kappa shape index (κ2) is 9.86. The number of hydrogen-bond donors (Lipinski definition) is 0. The van der Waals surface area contributed by atoms with Crippen molar-refractivity contribution in [2.24, 2.45) is 0 Å². The fourth-order valence-corrected chi connectivity index (χ4v) is 4.25. The molecule has 0 aliphatic carbocycles. The highest BCUT2D eigenvalue weighted by Crippen LogP contribution is 2.39. The van der Waals surface area contributed by atoms with Gasteiger partial charge in [-0.1, -0.05) is 23.7 Å². The van der Waals surface area contributed by atoms with Gasteiger partial charge in [0.1, 0.15) is 0 Å². The van der Waals surface area contributed by atoms with Crippen LogP contribution in [0.15, 0.2) is 41.3 Å². The molecule has 152 valence electrons. The van der Waals surface area contributed by atoms with E-state index in [1.165, 1.54) is 4.90 Å². The highest BCUT2D eigenvalue weighted by atomic mass is 127. The number of nitrogens with zero attached hydrogens (tertiary/aromatic N) is 1. The summed E-state index contributed by atoms with van der Waals surface area (Å²) in [6, 6.07) is 11.2. The molecule has 0 atom stereocenters. The van der Waals surface area contributed by atoms with Crippen molar-refractivity contribution in [2.45, 2.75) is 20.4 Å². The first-order valence-corrected chi connectivity index (χ1v) is 11.3. The molecule has 0 N–H and O–H groups in total. The number of carbonyl (C=O) groups is 2. The summed E-state index contributed by atoms with van der Waals surface area (Å²) in [7, 11) is 0. The minimum atomic E-state index is -0.318. The van der Waals surface area contributed by atoms with E-state index in [1.54, 1.807) is 18.2 Å². The van der Waals surface area contributed by atoms with E-state index in [0.29, 0.717) is 40.2 Å². The third-order valence-corrected chi connectivity index (χ3v) is 5.95. The van der Waals surface area contributed by atoms with Crippen LogP contribution in [-0.2, 0) is 11.3 Å². The van der Waals surface area contributed by atoms with Gasteiger partial charge < -0.3 is 9.47 Å². The molecule has 1 heterocycles. The summed E-state index contributed by atoms with van der Waals surface area (Å²) < 4.78 is 12.3. The molecule has 0 spiro atoms. The predicted octanol–water partition coefficient (Wildman–Crippen LogP) is 5.98. The van der Waals surface area contributed by atoms with Crippen LogP contribution in [0.2, 0.25) is 5.02 Å². The normalized spacial score (nSPS) is 15.3. The third-order valence-electron chi connectivity index (χ3n) is 4.05. The van der Waals surface area contributed by atoms with Crippen LogP contribution >= 0.6 is 46.0 Å². The lowest BCUT2D eigenvalue weighted by Gasteiger charge is -2.13. The lowest BCUT2D eigenvalue weighted by atomic mass is 10.1. The van der Waals surface area contributed by atoms with Crippen LogP contribution in [-0.4, -0.2) is 29.3 Å². The SMILES string of the molecule is CCOc1cc(/C=C2/SC(=O)N(Cc3ccc(I)cc3)C2=O)cc(Cl)c1OCC. The average Bonchev–Trinajstić information content (AvgIpc) is 2.94. The summed E-state index contributed by atoms with van der Waals surface area (Å²) in [6.07, 6.45) is 1.66. The second-order valence-corrected chi connectivity index (χ2v) is 8.74. The first-order valence-electron chi connectivity index (χ1n) is 9.01. The maximum absolute atomic E-state index is 12.8. The number of ether oxygens (including phenoxy) is 2. The van der Waals surface area contributed by atoms with E-state index in [-0.39, 0.29) is 17.7 Å². The molecule has 2 amide bonds. The van der Waals surface area contributed by atoms with Crippen molar-refractivity contribution in [3.63, 3.8) is 0 Å². The molecule has 1 aliphatic rings. The molecule has 1 fully saturated rings. The Hall–Kier alpha value is -1.71. The minimum absolute atomic E-state index is 0.243. The monoisotopic (exact) mass is 543 g/mol. The number of halogens is 2. The lowest BCUT2D eigenvalue weighted by molar-refractivity contribution is -0.123. The Morgan fingerprint density at radius 3 is 2.45 bits per heavy atom. The summed E-state index contributed by atoms with van der Waals surface area (Å²) in [5.74, 6) is 0.660. The first kappa shape index (κ1) is 22.0. The van der Waals surface area contributed by atoms with Gasteiger partial charge in [-0.25, -0.2) is 0 Å². The molecule has 0 bridgehead atoms. The van der Waals surface area contributed by atoms with Gasteiger partial charge in [0.25, 0.3) is 11.1 Å². The Balaban J connectivity index is 1.86. The van der Waals surface area contributed by atoms with Crippen LogP contribution < -0.4 is 9.47 Å². The zero-order valence-corrected chi connectivity index (χ0v) is 19.6. The van der Waals surface area contributed by atoms with Crippen molar-refractivity contribution in [1.29, 1.82) is 0 Å². The molecule has 1 aliphatic heterocycles. The van der Waals surface area contributed by atoms with E-state index < -0.39 is 0 Å². The molecular weight excluding hydrogens is 525 g/mol. The number of benzene rings is 2. The quantitative estimate of drug-likeness (QED) is 0.318. The highest BCUT2D eigenvalue weighted by Gasteiger charge is 2.35. The standard InChI is InChI=1S/C21H19ClINO4S/c1-3-27-17-10-14(9-16(22)19(17)28-4-2)11-18-20(25)24(21(26)29-18)12-13-5-7-15(23)8-6-13/h5-11H,3-4,12H2,1-2H3/b18-11+. The van der Waals surface area contributed by atoms with Gasteiger partial charge in [-0.05, 0) is 89.7 Å². The minimum Gasteiger partial charge on any atom is -0.490 e. The van der Waals surface area contributed by atoms with Gasteiger partial charge in [-0.3, -0.25) is 14.5 Å². The summed E-state index contributed by atoms with van der Waals surface area (Å²) >= 11 is 9.48. The van der Waals surface area contributed by atoms with Gasteiger partial charge in [0.05, 0.1) is 29.7 Å². The fourth-order valence-electron chi connectivity index (χ4n) is 2.78. The van der Waals surface area contributed by atoms with Crippen LogP contribution in [0.5, 0.6) is 11.5 Å². The zero-order valence-electron chi connectivity index (χ0n) is 15.9. The Morgan fingerprint density at radius 1 is 1.10 bits per heavy atom. The van der Waals surface area contributed by atoms with Gasteiger partial charge in [0.2, 0.25) is 0 Å². The molecular formula is C21H19ClINO4S. The summed E-state index contributed by atoms with van der Waals surface area (Å²) in [5.41, 5.74) is 1.57. The van der Waals surface area contributed by atoms with Crippen molar-refractivity contribution in [1.82, 2.24) is 4.90 Å². The van der Waals surface area contributed by atoms with E-state index in [9.17, 15) is 9.59 Å². The van der Waals surface area contributed by atoms with Crippen molar-refractivity contribution >= 4 is 63.2 Å². The molecule has 0 radical (unpaired) electrons. The second-order valence-electron chi connectivity index (χ2n) is 6.09. The van der Waals surface area contributed by atoms with Crippen LogP contribution in [0.25, 0.3) is 6.08 Å². The fraction of sp³-hybridized carbons (Fsp3) is 0.238. The maximum atomic E-state index is 12.8. The van der Waals surface area contributed by atoms with Gasteiger partial charge in [-0.2, -0.15) is 0 Å². The molecule has 0 saturated carbocycles. The lowest BCUT2D eigenvalue weighted by Crippen LogP contribution is -2.27. The molecule has 0 unspecified atom stereocenters. The summed E-state index contributed by atoms with van der Waals surface area (Å²) in [4.78, 5) is 26.8. The van der Waals surface area contributed by atoms with Gasteiger partial charge >= 0.3 is 0 Å². The van der Waals surface area contributed by atoms with Crippen molar-refractivity contribution in [3.05, 3.63) is 61.0 Å². The Morgan fingerprint density at radius 2 is 1.79 bits per heavy atom. The molecule has 2 aromatic carbocycles. The van der Waals surface area contributed by atoms with Gasteiger partial charge in [-0.15, -0.1) is 0 Å². The molecule has 1 saturated heterocycles. The average molecular weight is 544 g/mol. The first-order chi connectivity index (χ1) is 13.9. The number of carbonyl (C=O) groups excluding carboxylic acids is 2. The topological polar surface area (TPSA) is 55.8 Å². The molecule has 0 aromatic heterocycles. The molecule has 8 heteroatoms. The van der Waals surface area contributed by atoms with Gasteiger partial charge in [0, 0.05) is 3.57 Å². The Bertz CT molecular complexity index is 962. The molecule has 29 heavy (non-hydrogen) atoms. The van der Waals surface area contributed by atoms with E-state index in [4.69, 9.17) is 21.1 Å². The molecule has 5 nitrogen and oxygen atoms in total. The van der Waals surface area contributed by atoms with Crippen LogP contribution in [0, 0.1) is 3.57 Å². The van der Waals surface area contributed by atoms with Crippen molar-refractivity contribution in [3.8, 4) is 11.5 Å². The van der Waals surface area contributed by atoms with Crippen LogP contribution in [0.1, 0.15) is 25.0 Å². The smallest absolute Gasteiger partial charge is 0.293 e. The number of rotatable bonds is 7. The van der Waals surface area contributed by atoms with E-state index in [2.05, 4.69) is 22.6 Å². The molecule has 3 rings (SSSR count). The molecule has 2 aromatic rings. The Kier molecular flexibility index (Phi) is 7.48. The summed E-state index contributed by atoms with van der Waals surface area (Å²) in [5, 5.41) is 0.101. The number of amides is 2. The summed E-state index contributed by atoms with van der Waals surface area (Å²) in [6.45, 7) is 4.88. The predicted molar refractivity (Wildman–Crippen MR) is 124 cm³/mol. The van der Waals surface area contributed by atoms with Crippen molar-refractivity contribution < 1.29 is 19.1 Å². The third kappa shape index (κ3) is 5.26.